The van der Waals surface area contributed by atoms with Gasteiger partial charge in [0.1, 0.15) is 6.54 Å². The topological polar surface area (TPSA) is 87.2 Å². The molecule has 2 N–H and O–H groups in total. The Balaban J connectivity index is 3.14. The number of alkyl halides is 3. The molecule has 23 heavy (non-hydrogen) atoms. The Kier molecular flexibility index (Phi) is 6.35. The third-order valence-corrected chi connectivity index (χ3v) is 4.86. The highest BCUT2D eigenvalue weighted by Gasteiger charge is 2.34. The number of nitrogens with two attached hydrogens (primary N) is 1. The van der Waals surface area contributed by atoms with E-state index in [0.717, 1.165) is 6.07 Å². The lowest BCUT2D eigenvalue weighted by molar-refractivity contribution is -0.137. The molecule has 0 aliphatic carbocycles. The van der Waals surface area contributed by atoms with Crippen LogP contribution in [0.3, 0.4) is 0 Å². The highest BCUT2D eigenvalue weighted by atomic mass is 35.5. The first-order chi connectivity index (χ1) is 10.5. The summed E-state index contributed by atoms with van der Waals surface area (Å²) in [6.07, 6.45) is -4.71. The molecule has 0 saturated carbocycles. The van der Waals surface area contributed by atoms with Gasteiger partial charge in [0.15, 0.2) is 0 Å². The van der Waals surface area contributed by atoms with Gasteiger partial charge >= 0.3 is 6.18 Å². The summed E-state index contributed by atoms with van der Waals surface area (Å²) in [7, 11) is -4.07. The first-order valence-corrected chi connectivity index (χ1v) is 8.35. The van der Waals surface area contributed by atoms with Gasteiger partial charge in [0.25, 0.3) is 0 Å². The minimum atomic E-state index is -4.71. The number of benzene rings is 1. The molecule has 5 nitrogen and oxygen atoms in total. The zero-order valence-electron chi connectivity index (χ0n) is 11.5. The summed E-state index contributed by atoms with van der Waals surface area (Å²) < 4.78 is 63.5. The fraction of sp³-hybridized carbons (Fsp3) is 0.333. The average molecular weight is 386 g/mol. The second-order valence-electron chi connectivity index (χ2n) is 4.46. The predicted molar refractivity (Wildman–Crippen MR) is 83.0 cm³/mol. The Morgan fingerprint density at radius 2 is 2.04 bits per heavy atom. The lowest BCUT2D eigenvalue weighted by Crippen LogP contribution is -2.38. The van der Waals surface area contributed by atoms with Gasteiger partial charge in [-0.1, -0.05) is 29.9 Å². The van der Waals surface area contributed by atoms with Crippen molar-refractivity contribution in [1.29, 1.82) is 5.26 Å². The number of sulfonamides is 1. The van der Waals surface area contributed by atoms with E-state index in [-0.39, 0.29) is 17.1 Å². The quantitative estimate of drug-likeness (QED) is 0.599. The number of thiocarbonyl (C=S) groups is 1. The SMILES string of the molecule is N#CCN(CC(N)=S)S(=O)(=O)Cc1ccc(Cl)c(C(F)(F)F)c1. The largest absolute Gasteiger partial charge is 0.417 e. The normalized spacial score (nSPS) is 12.2. The molecule has 0 unspecified atom stereocenters. The highest BCUT2D eigenvalue weighted by molar-refractivity contribution is 7.88. The van der Waals surface area contributed by atoms with Crippen LogP contribution in [0.25, 0.3) is 0 Å². The first-order valence-electron chi connectivity index (χ1n) is 5.96. The zero-order valence-corrected chi connectivity index (χ0v) is 13.9. The molecular weight excluding hydrogens is 375 g/mol. The van der Waals surface area contributed by atoms with Gasteiger partial charge in [-0.3, -0.25) is 0 Å². The Labute approximate surface area is 141 Å². The van der Waals surface area contributed by atoms with Crippen molar-refractivity contribution in [3.05, 3.63) is 34.3 Å². The lowest BCUT2D eigenvalue weighted by atomic mass is 10.1. The van der Waals surface area contributed by atoms with Gasteiger partial charge in [0, 0.05) is 0 Å². The Bertz CT molecular complexity index is 745. The number of halogens is 4. The van der Waals surface area contributed by atoms with Crippen molar-refractivity contribution in [1.82, 2.24) is 4.31 Å². The highest BCUT2D eigenvalue weighted by Crippen LogP contribution is 2.35. The van der Waals surface area contributed by atoms with E-state index in [4.69, 9.17) is 22.6 Å². The van der Waals surface area contributed by atoms with Crippen molar-refractivity contribution >= 4 is 38.8 Å². The number of hydrogen-bond donors (Lipinski definition) is 1. The summed E-state index contributed by atoms with van der Waals surface area (Å²) in [4.78, 5) is -0.157. The average Bonchev–Trinajstić information content (AvgIpc) is 2.38. The zero-order chi connectivity index (χ0) is 17.8. The van der Waals surface area contributed by atoms with Crippen LogP contribution in [0.4, 0.5) is 13.2 Å². The molecule has 0 heterocycles. The van der Waals surface area contributed by atoms with E-state index in [9.17, 15) is 21.6 Å². The molecule has 1 aromatic carbocycles. The summed E-state index contributed by atoms with van der Waals surface area (Å²) in [6, 6.07) is 4.43. The Morgan fingerprint density at radius 3 is 2.52 bits per heavy atom. The monoisotopic (exact) mass is 385 g/mol. The van der Waals surface area contributed by atoms with E-state index in [1.165, 1.54) is 6.07 Å². The van der Waals surface area contributed by atoms with E-state index >= 15 is 0 Å². The molecule has 11 heteroatoms. The van der Waals surface area contributed by atoms with Crippen molar-refractivity contribution in [2.45, 2.75) is 11.9 Å². The van der Waals surface area contributed by atoms with Gasteiger partial charge in [-0.15, -0.1) is 0 Å². The summed E-state index contributed by atoms with van der Waals surface area (Å²) >= 11 is 10.1. The second-order valence-corrected chi connectivity index (χ2v) is 7.36. The van der Waals surface area contributed by atoms with Crippen LogP contribution in [0.5, 0.6) is 0 Å². The summed E-state index contributed by atoms with van der Waals surface area (Å²) in [5, 5.41) is 8.13. The van der Waals surface area contributed by atoms with Gasteiger partial charge in [0.05, 0.1) is 33.9 Å². The maximum Gasteiger partial charge on any atom is 0.417 e. The van der Waals surface area contributed by atoms with Crippen LogP contribution >= 0.6 is 23.8 Å². The van der Waals surface area contributed by atoms with E-state index in [1.807, 2.05) is 0 Å². The van der Waals surface area contributed by atoms with E-state index < -0.39 is 39.1 Å². The lowest BCUT2D eigenvalue weighted by Gasteiger charge is -2.19. The third-order valence-electron chi connectivity index (χ3n) is 2.66. The smallest absolute Gasteiger partial charge is 0.392 e. The molecule has 0 aliphatic heterocycles. The molecule has 0 atom stereocenters. The van der Waals surface area contributed by atoms with Crippen LogP contribution in [-0.4, -0.2) is 30.8 Å². The number of hydrogen-bond acceptors (Lipinski definition) is 4. The molecule has 0 spiro atoms. The van der Waals surface area contributed by atoms with Crippen LogP contribution in [0.1, 0.15) is 11.1 Å². The Morgan fingerprint density at radius 1 is 1.43 bits per heavy atom. The Hall–Kier alpha value is -1.41. The van der Waals surface area contributed by atoms with E-state index in [0.29, 0.717) is 10.4 Å². The van der Waals surface area contributed by atoms with E-state index in [1.54, 1.807) is 6.07 Å². The second kappa shape index (κ2) is 7.44. The van der Waals surface area contributed by atoms with E-state index in [2.05, 4.69) is 12.2 Å². The summed E-state index contributed by atoms with van der Waals surface area (Å²) in [6.45, 7) is -0.885. The van der Waals surface area contributed by atoms with Crippen molar-refractivity contribution in [2.24, 2.45) is 5.73 Å². The molecule has 1 aromatic rings. The molecular formula is C12H11ClF3N3O2S2. The number of rotatable bonds is 6. The van der Waals surface area contributed by atoms with Gasteiger partial charge in [-0.2, -0.15) is 22.7 Å². The fourth-order valence-corrected chi connectivity index (χ4v) is 3.52. The molecule has 0 saturated heterocycles. The van der Waals surface area contributed by atoms with Crippen LogP contribution in [0.2, 0.25) is 5.02 Å². The standard InChI is InChI=1S/C12H11ClF3N3O2S2/c13-10-2-1-8(5-9(10)12(14,15)16)7-23(20,21)19(4-3-17)6-11(18)22/h1-2,5H,4,6-7H2,(H2,18,22). The molecule has 0 radical (unpaired) electrons. The van der Waals surface area contributed by atoms with Gasteiger partial charge in [-0.05, 0) is 17.7 Å². The number of nitrogens with zero attached hydrogens (tertiary/aromatic N) is 2. The maximum atomic E-state index is 12.8. The van der Waals surface area contributed by atoms with Crippen molar-refractivity contribution in [2.75, 3.05) is 13.1 Å². The maximum absolute atomic E-state index is 12.8. The molecule has 0 amide bonds. The fourth-order valence-electron chi connectivity index (χ4n) is 1.69. The van der Waals surface area contributed by atoms with Crippen LogP contribution in [0, 0.1) is 11.3 Å². The van der Waals surface area contributed by atoms with Crippen molar-refractivity contribution < 1.29 is 21.6 Å². The van der Waals surface area contributed by atoms with Crippen LogP contribution in [-0.2, 0) is 22.0 Å². The van der Waals surface area contributed by atoms with Gasteiger partial charge in [0.2, 0.25) is 10.0 Å². The summed E-state index contributed by atoms with van der Waals surface area (Å²) in [5.74, 6) is -0.739. The predicted octanol–water partition coefficient (Wildman–Crippen LogP) is 2.30. The number of nitriles is 1. The van der Waals surface area contributed by atoms with Crippen molar-refractivity contribution in [3.8, 4) is 6.07 Å². The van der Waals surface area contributed by atoms with Gasteiger partial charge in [-0.25, -0.2) is 8.42 Å². The molecule has 126 valence electrons. The molecule has 1 rings (SSSR count). The third kappa shape index (κ3) is 5.62. The van der Waals surface area contributed by atoms with Crippen molar-refractivity contribution in [3.63, 3.8) is 0 Å². The molecule has 0 bridgehead atoms. The first kappa shape index (κ1) is 19.6. The minimum Gasteiger partial charge on any atom is -0.392 e. The molecule has 0 aliphatic rings. The minimum absolute atomic E-state index is 0.118. The van der Waals surface area contributed by atoms with Gasteiger partial charge < -0.3 is 5.73 Å². The van der Waals surface area contributed by atoms with Crippen LogP contribution in [0.15, 0.2) is 18.2 Å². The summed E-state index contributed by atoms with van der Waals surface area (Å²) in [5.41, 5.74) is 4.02. The van der Waals surface area contributed by atoms with Crippen LogP contribution < -0.4 is 5.73 Å². The molecule has 0 fully saturated rings. The molecule has 0 aromatic heterocycles.